The van der Waals surface area contributed by atoms with Gasteiger partial charge in [0.25, 0.3) is 0 Å². The van der Waals surface area contributed by atoms with Gasteiger partial charge in [-0.05, 0) is 19.3 Å². The summed E-state index contributed by atoms with van der Waals surface area (Å²) in [7, 11) is 0. The molecular weight excluding hydrogens is 883 g/mol. The number of carboxylic acid groups (broad SMARTS) is 2. The zero-order valence-corrected chi connectivity index (χ0v) is 42.0. The number of aliphatic carboxylic acids is 2. The Morgan fingerprint density at radius 3 is 1.34 bits per heavy atom. The predicted molar refractivity (Wildman–Crippen MR) is 262 cm³/mol. The topological polar surface area (TPSA) is 270 Å². The fourth-order valence-corrected chi connectivity index (χ4v) is 8.12. The van der Waals surface area contributed by atoms with E-state index < -0.39 is 79.8 Å². The van der Waals surface area contributed by atoms with Gasteiger partial charge in [-0.2, -0.15) is 11.8 Å². The van der Waals surface area contributed by atoms with E-state index in [4.69, 9.17) is 25.4 Å². The predicted octanol–water partition coefficient (Wildman–Crippen LogP) is 7.25. The molecule has 0 rings (SSSR count). The van der Waals surface area contributed by atoms with Crippen molar-refractivity contribution in [3.63, 3.8) is 0 Å². The summed E-state index contributed by atoms with van der Waals surface area (Å²) < 4.78 is 11.3. The summed E-state index contributed by atoms with van der Waals surface area (Å²) in [5, 5.41) is 26.9. The number of carbonyl (C=O) groups is 8. The maximum atomic E-state index is 12.8. The summed E-state index contributed by atoms with van der Waals surface area (Å²) >= 11 is 1.24. The molecule has 0 heterocycles. The van der Waals surface area contributed by atoms with Gasteiger partial charge in [0.15, 0.2) is 0 Å². The van der Waals surface area contributed by atoms with Crippen molar-refractivity contribution in [1.82, 2.24) is 21.3 Å². The van der Waals surface area contributed by atoms with E-state index in [-0.39, 0.29) is 49.3 Å². The summed E-state index contributed by atoms with van der Waals surface area (Å²) in [6.45, 7) is 2.70. The molecule has 17 nitrogen and oxygen atoms in total. The van der Waals surface area contributed by atoms with E-state index in [1.807, 2.05) is 0 Å². The average Bonchev–Trinajstić information content (AvgIpc) is 3.29. The van der Waals surface area contributed by atoms with Crippen molar-refractivity contribution < 1.29 is 58.0 Å². The molecule has 0 radical (unpaired) electrons. The highest BCUT2D eigenvalue weighted by Gasteiger charge is 2.22. The summed E-state index contributed by atoms with van der Waals surface area (Å²) in [4.78, 5) is 96.4. The van der Waals surface area contributed by atoms with E-state index in [9.17, 15) is 38.4 Å². The third kappa shape index (κ3) is 41.9. The van der Waals surface area contributed by atoms with Gasteiger partial charge in [-0.1, -0.05) is 168 Å². The number of thioether (sulfide) groups is 1. The first-order valence-electron chi connectivity index (χ1n) is 25.5. The van der Waals surface area contributed by atoms with Crippen molar-refractivity contribution in [3.8, 4) is 0 Å². The van der Waals surface area contributed by atoms with E-state index >= 15 is 0 Å². The smallest absolute Gasteiger partial charge is 0.326 e. The Kier molecular flexibility index (Phi) is 42.0. The van der Waals surface area contributed by atoms with Crippen LogP contribution in [-0.4, -0.2) is 114 Å². The number of nitrogens with two attached hydrogens (primary N) is 1. The molecule has 0 aromatic heterocycles. The number of esters is 2. The number of hydrogen-bond acceptors (Lipinski definition) is 12. The Balaban J connectivity index is 4.70. The van der Waals surface area contributed by atoms with E-state index in [2.05, 4.69) is 35.1 Å². The Morgan fingerprint density at radius 1 is 0.507 bits per heavy atom. The molecule has 67 heavy (non-hydrogen) atoms. The molecule has 0 unspecified atom stereocenters. The van der Waals surface area contributed by atoms with Crippen molar-refractivity contribution in [2.45, 2.75) is 225 Å². The molecular formula is C49H89N5O12S. The second kappa shape index (κ2) is 44.6. The van der Waals surface area contributed by atoms with Crippen molar-refractivity contribution in [2.75, 3.05) is 37.7 Å². The third-order valence-corrected chi connectivity index (χ3v) is 12.4. The Labute approximate surface area is 405 Å². The summed E-state index contributed by atoms with van der Waals surface area (Å²) in [6.07, 6.45) is 30.1. The molecule has 0 saturated heterocycles. The van der Waals surface area contributed by atoms with Gasteiger partial charge >= 0.3 is 23.9 Å². The maximum absolute atomic E-state index is 12.8. The van der Waals surface area contributed by atoms with Crippen molar-refractivity contribution in [1.29, 1.82) is 0 Å². The number of hydrogen-bond donors (Lipinski definition) is 7. The highest BCUT2D eigenvalue weighted by Crippen LogP contribution is 2.16. The van der Waals surface area contributed by atoms with Crippen LogP contribution in [0.25, 0.3) is 0 Å². The van der Waals surface area contributed by atoms with E-state index in [0.717, 1.165) is 44.9 Å². The second-order valence-corrected chi connectivity index (χ2v) is 18.7. The molecule has 388 valence electrons. The van der Waals surface area contributed by atoms with Crippen molar-refractivity contribution in [3.05, 3.63) is 0 Å². The zero-order chi connectivity index (χ0) is 49.8. The van der Waals surface area contributed by atoms with E-state index in [1.54, 1.807) is 0 Å². The molecule has 0 aromatic carbocycles. The summed E-state index contributed by atoms with van der Waals surface area (Å²) in [5.41, 5.74) is 6.07. The van der Waals surface area contributed by atoms with Crippen LogP contribution >= 0.6 is 11.8 Å². The van der Waals surface area contributed by atoms with Gasteiger partial charge in [0.2, 0.25) is 23.6 Å². The lowest BCUT2D eigenvalue weighted by molar-refractivity contribution is -0.157. The minimum atomic E-state index is -1.45. The number of amides is 4. The lowest BCUT2D eigenvalue weighted by atomic mass is 10.0. The van der Waals surface area contributed by atoms with E-state index in [1.165, 1.54) is 127 Å². The Hall–Kier alpha value is -3.93. The molecule has 8 N–H and O–H groups in total. The number of unbranched alkanes of at least 4 members (excludes halogenated alkanes) is 24. The molecule has 0 saturated carbocycles. The SMILES string of the molecule is CCCCCCCCCCCCCCCC(=O)OC[C@@H](CSC[C@H](N)C(=O)NCC(=O)NCC(=O)NCC(=O)N[C@H](CCC(=O)O)C(=O)O)OC(=O)CCCCCCCCCCCCCCC. The monoisotopic (exact) mass is 972 g/mol. The molecule has 18 heteroatoms. The first-order chi connectivity index (χ1) is 32.3. The molecule has 0 bridgehead atoms. The minimum absolute atomic E-state index is 0.107. The molecule has 0 fully saturated rings. The number of nitrogens with one attached hydrogen (secondary N) is 4. The standard InChI is InChI=1S/C49H89N5O12S/c1-3-5-7-9-11-13-15-17-19-21-23-25-27-29-46(60)65-36-39(66-47(61)30-28-26-24-22-20-18-16-14-12-10-8-6-4-2)37-67-38-40(50)48(62)53-34-43(56)51-33-42(55)52-35-44(57)54-41(49(63)64)31-32-45(58)59/h39-41H,3-38,50H2,1-2H3,(H,51,56)(H,52,55)(H,53,62)(H,54,57)(H,58,59)(H,63,64)/t39-,40-,41+/m0/s1. The van der Waals surface area contributed by atoms with Gasteiger partial charge in [-0.15, -0.1) is 0 Å². The van der Waals surface area contributed by atoms with Crippen LogP contribution < -0.4 is 27.0 Å². The number of ether oxygens (including phenoxy) is 2. The van der Waals surface area contributed by atoms with Gasteiger partial charge in [0.1, 0.15) is 18.8 Å². The van der Waals surface area contributed by atoms with Crippen LogP contribution in [-0.2, 0) is 47.8 Å². The molecule has 0 aliphatic rings. The summed E-state index contributed by atoms with van der Waals surface area (Å²) in [6, 6.07) is -2.49. The van der Waals surface area contributed by atoms with Gasteiger partial charge in [0, 0.05) is 30.8 Å². The molecule has 0 spiro atoms. The number of carbonyl (C=O) groups excluding carboxylic acids is 6. The normalized spacial score (nSPS) is 12.3. The first kappa shape index (κ1) is 63.1. The van der Waals surface area contributed by atoms with Gasteiger partial charge in [0.05, 0.1) is 25.7 Å². The van der Waals surface area contributed by atoms with Crippen LogP contribution in [0.2, 0.25) is 0 Å². The number of rotatable bonds is 47. The quantitative estimate of drug-likeness (QED) is 0.0234. The highest BCUT2D eigenvalue weighted by molar-refractivity contribution is 7.99. The summed E-state index contributed by atoms with van der Waals surface area (Å²) in [5.74, 6) is -6.04. The highest BCUT2D eigenvalue weighted by atomic mass is 32.2. The van der Waals surface area contributed by atoms with Crippen molar-refractivity contribution >= 4 is 59.3 Å². The van der Waals surface area contributed by atoms with Crippen LogP contribution in [0.3, 0.4) is 0 Å². The zero-order valence-electron chi connectivity index (χ0n) is 41.2. The second-order valence-electron chi connectivity index (χ2n) is 17.6. The molecule has 0 aliphatic carbocycles. The molecule has 0 aliphatic heterocycles. The average molecular weight is 972 g/mol. The maximum Gasteiger partial charge on any atom is 0.326 e. The number of carboxylic acids is 2. The van der Waals surface area contributed by atoms with Crippen LogP contribution in [0.1, 0.15) is 206 Å². The van der Waals surface area contributed by atoms with Crippen LogP contribution in [0.5, 0.6) is 0 Å². The van der Waals surface area contributed by atoms with Gasteiger partial charge in [-0.3, -0.25) is 33.6 Å². The largest absolute Gasteiger partial charge is 0.481 e. The Bertz CT molecular complexity index is 1370. The van der Waals surface area contributed by atoms with Crippen LogP contribution in [0.15, 0.2) is 0 Å². The Morgan fingerprint density at radius 2 is 0.910 bits per heavy atom. The van der Waals surface area contributed by atoms with Gasteiger partial charge < -0.3 is 46.7 Å². The third-order valence-electron chi connectivity index (χ3n) is 11.2. The molecule has 3 atom stereocenters. The van der Waals surface area contributed by atoms with E-state index in [0.29, 0.717) is 6.42 Å². The lowest BCUT2D eigenvalue weighted by Gasteiger charge is -2.19. The molecule has 4 amide bonds. The fraction of sp³-hybridized carbons (Fsp3) is 0.837. The fourth-order valence-electron chi connectivity index (χ4n) is 7.15. The minimum Gasteiger partial charge on any atom is -0.481 e. The van der Waals surface area contributed by atoms with Crippen molar-refractivity contribution in [2.24, 2.45) is 5.73 Å². The van der Waals surface area contributed by atoms with Gasteiger partial charge in [-0.25, -0.2) is 4.79 Å². The first-order valence-corrected chi connectivity index (χ1v) is 26.7. The van der Waals surface area contributed by atoms with Crippen LogP contribution in [0.4, 0.5) is 0 Å². The van der Waals surface area contributed by atoms with Crippen LogP contribution in [0, 0.1) is 0 Å². The lowest BCUT2D eigenvalue weighted by Crippen LogP contribution is -2.49. The molecule has 0 aromatic rings.